The third-order valence-corrected chi connectivity index (χ3v) is 5.79. The molecule has 0 heterocycles. The summed E-state index contributed by atoms with van der Waals surface area (Å²) in [4.78, 5) is 0.246. The van der Waals surface area contributed by atoms with Crippen molar-refractivity contribution in [3.63, 3.8) is 0 Å². The van der Waals surface area contributed by atoms with E-state index in [1.807, 2.05) is 13.0 Å². The first-order chi connectivity index (χ1) is 9.74. The number of aryl methyl sites for hydroxylation is 1. The lowest BCUT2D eigenvalue weighted by Gasteiger charge is -2.17. The lowest BCUT2D eigenvalue weighted by atomic mass is 10.1. The number of anilines is 2. The number of benzene rings is 2. The van der Waals surface area contributed by atoms with Crippen LogP contribution in [0.4, 0.5) is 11.4 Å². The van der Waals surface area contributed by atoms with Crippen LogP contribution in [0.15, 0.2) is 39.7 Å². The molecule has 0 saturated carbocycles. The minimum atomic E-state index is -3.70. The van der Waals surface area contributed by atoms with Crippen LogP contribution in [0.1, 0.15) is 16.7 Å². The van der Waals surface area contributed by atoms with Gasteiger partial charge in [0.15, 0.2) is 0 Å². The highest BCUT2D eigenvalue weighted by molar-refractivity contribution is 9.10. The third-order valence-electron chi connectivity index (χ3n) is 3.46. The average Bonchev–Trinajstić information content (AvgIpc) is 2.39. The second kappa shape index (κ2) is 5.69. The molecule has 2 aromatic rings. The van der Waals surface area contributed by atoms with Crippen LogP contribution in [0.5, 0.6) is 0 Å². The van der Waals surface area contributed by atoms with Crippen LogP contribution in [-0.2, 0) is 10.0 Å². The minimum absolute atomic E-state index is 0.246. The highest BCUT2D eigenvalue weighted by Gasteiger charge is 2.23. The number of hydrogen-bond donors (Lipinski definition) is 2. The number of halogens is 1. The zero-order valence-electron chi connectivity index (χ0n) is 12.1. The molecule has 4 nitrogen and oxygen atoms in total. The largest absolute Gasteiger partial charge is 0.398 e. The summed E-state index contributed by atoms with van der Waals surface area (Å²) < 4.78 is 28.7. The molecule has 3 N–H and O–H groups in total. The van der Waals surface area contributed by atoms with Crippen LogP contribution in [0.25, 0.3) is 0 Å². The molecular weight excluding hydrogens is 352 g/mol. The quantitative estimate of drug-likeness (QED) is 0.810. The average molecular weight is 369 g/mol. The summed E-state index contributed by atoms with van der Waals surface area (Å²) in [5.41, 5.74) is 9.01. The van der Waals surface area contributed by atoms with Gasteiger partial charge in [0.25, 0.3) is 10.0 Å². The SMILES string of the molecule is Cc1cc(N)c(C)c(S(=O)(=O)Nc2ccccc2Br)c1C. The molecule has 112 valence electrons. The van der Waals surface area contributed by atoms with Crippen molar-refractivity contribution in [2.24, 2.45) is 0 Å². The molecule has 0 bridgehead atoms. The fraction of sp³-hybridized carbons (Fsp3) is 0.200. The first kappa shape index (κ1) is 15.9. The maximum Gasteiger partial charge on any atom is 0.262 e. The number of sulfonamides is 1. The highest BCUT2D eigenvalue weighted by Crippen LogP contribution is 2.31. The zero-order valence-corrected chi connectivity index (χ0v) is 14.5. The first-order valence-corrected chi connectivity index (χ1v) is 8.65. The number of rotatable bonds is 3. The maximum atomic E-state index is 12.7. The Morgan fingerprint density at radius 1 is 1.10 bits per heavy atom. The van der Waals surface area contributed by atoms with Gasteiger partial charge in [-0.2, -0.15) is 0 Å². The molecule has 0 saturated heterocycles. The Bertz CT molecular complexity index is 775. The molecule has 6 heteroatoms. The lowest BCUT2D eigenvalue weighted by molar-refractivity contribution is 0.600. The number of para-hydroxylation sites is 1. The van der Waals surface area contributed by atoms with E-state index in [2.05, 4.69) is 20.7 Å². The van der Waals surface area contributed by atoms with Gasteiger partial charge in [0.2, 0.25) is 0 Å². The van der Waals surface area contributed by atoms with Crippen molar-refractivity contribution in [2.45, 2.75) is 25.7 Å². The van der Waals surface area contributed by atoms with Crippen LogP contribution in [0, 0.1) is 20.8 Å². The van der Waals surface area contributed by atoms with Crippen molar-refractivity contribution in [1.82, 2.24) is 0 Å². The van der Waals surface area contributed by atoms with E-state index in [1.54, 1.807) is 38.1 Å². The smallest absolute Gasteiger partial charge is 0.262 e. The molecule has 0 aliphatic heterocycles. The molecule has 0 fully saturated rings. The van der Waals surface area contributed by atoms with E-state index in [-0.39, 0.29) is 4.90 Å². The number of nitrogens with one attached hydrogen (secondary N) is 1. The van der Waals surface area contributed by atoms with Crippen molar-refractivity contribution in [3.8, 4) is 0 Å². The maximum absolute atomic E-state index is 12.7. The van der Waals surface area contributed by atoms with Crippen molar-refractivity contribution in [2.75, 3.05) is 10.5 Å². The van der Waals surface area contributed by atoms with Crippen LogP contribution >= 0.6 is 15.9 Å². The van der Waals surface area contributed by atoms with E-state index in [0.717, 1.165) is 5.56 Å². The topological polar surface area (TPSA) is 72.2 Å². The Balaban J connectivity index is 2.58. The monoisotopic (exact) mass is 368 g/mol. The molecule has 2 rings (SSSR count). The molecule has 21 heavy (non-hydrogen) atoms. The van der Waals surface area contributed by atoms with E-state index in [0.29, 0.717) is 27.0 Å². The summed E-state index contributed by atoms with van der Waals surface area (Å²) in [6, 6.07) is 8.87. The third kappa shape index (κ3) is 3.06. The molecule has 0 aromatic heterocycles. The van der Waals surface area contributed by atoms with Crippen LogP contribution in [0.3, 0.4) is 0 Å². The van der Waals surface area contributed by atoms with E-state index >= 15 is 0 Å². The summed E-state index contributed by atoms with van der Waals surface area (Å²) >= 11 is 3.34. The van der Waals surface area contributed by atoms with E-state index < -0.39 is 10.0 Å². The summed E-state index contributed by atoms with van der Waals surface area (Å²) in [6.45, 7) is 5.36. The van der Waals surface area contributed by atoms with Crippen molar-refractivity contribution >= 4 is 37.3 Å². The molecule has 0 amide bonds. The summed E-state index contributed by atoms with van der Waals surface area (Å²) in [7, 11) is -3.70. The van der Waals surface area contributed by atoms with Gasteiger partial charge in [0.05, 0.1) is 10.6 Å². The fourth-order valence-electron chi connectivity index (χ4n) is 2.18. The molecule has 2 aromatic carbocycles. The van der Waals surface area contributed by atoms with Gasteiger partial charge in [-0.3, -0.25) is 4.72 Å². The predicted octanol–water partition coefficient (Wildman–Crippen LogP) is 3.76. The molecule has 0 aliphatic rings. The Kier molecular flexibility index (Phi) is 4.30. The second-order valence-electron chi connectivity index (χ2n) is 4.95. The molecule has 0 radical (unpaired) electrons. The second-order valence-corrected chi connectivity index (χ2v) is 7.42. The standard InChI is InChI=1S/C15H17BrN2O2S/c1-9-8-13(17)11(3)15(10(9)2)21(19,20)18-14-7-5-4-6-12(14)16/h4-8,18H,17H2,1-3H3. The Labute approximate surface area is 133 Å². The Hall–Kier alpha value is -1.53. The van der Waals surface area contributed by atoms with Gasteiger partial charge in [-0.05, 0) is 71.6 Å². The van der Waals surface area contributed by atoms with E-state index in [1.165, 1.54) is 0 Å². The van der Waals surface area contributed by atoms with Gasteiger partial charge in [-0.25, -0.2) is 8.42 Å². The summed E-state index contributed by atoms with van der Waals surface area (Å²) in [5.74, 6) is 0. The highest BCUT2D eigenvalue weighted by atomic mass is 79.9. The van der Waals surface area contributed by atoms with Crippen molar-refractivity contribution in [3.05, 3.63) is 51.5 Å². The van der Waals surface area contributed by atoms with Gasteiger partial charge >= 0.3 is 0 Å². The van der Waals surface area contributed by atoms with E-state index in [9.17, 15) is 8.42 Å². The predicted molar refractivity (Wildman–Crippen MR) is 90.0 cm³/mol. The van der Waals surface area contributed by atoms with E-state index in [4.69, 9.17) is 5.73 Å². The molecule has 0 aliphatic carbocycles. The Morgan fingerprint density at radius 2 is 1.71 bits per heavy atom. The normalized spacial score (nSPS) is 11.4. The lowest BCUT2D eigenvalue weighted by Crippen LogP contribution is -2.17. The summed E-state index contributed by atoms with van der Waals surface area (Å²) in [6.07, 6.45) is 0. The molecular formula is C15H17BrN2O2S. The first-order valence-electron chi connectivity index (χ1n) is 6.37. The van der Waals surface area contributed by atoms with Crippen molar-refractivity contribution < 1.29 is 8.42 Å². The minimum Gasteiger partial charge on any atom is -0.398 e. The van der Waals surface area contributed by atoms with Crippen LogP contribution in [0.2, 0.25) is 0 Å². The molecule has 0 unspecified atom stereocenters. The number of nitrogen functional groups attached to an aromatic ring is 1. The van der Waals surface area contributed by atoms with Gasteiger partial charge in [-0.15, -0.1) is 0 Å². The zero-order chi connectivity index (χ0) is 15.8. The van der Waals surface area contributed by atoms with Crippen LogP contribution in [-0.4, -0.2) is 8.42 Å². The molecule has 0 atom stereocenters. The Morgan fingerprint density at radius 3 is 2.33 bits per heavy atom. The number of hydrogen-bond acceptors (Lipinski definition) is 3. The van der Waals surface area contributed by atoms with Gasteiger partial charge in [0, 0.05) is 10.2 Å². The summed E-state index contributed by atoms with van der Waals surface area (Å²) in [5, 5.41) is 0. The fourth-order valence-corrected chi connectivity index (χ4v) is 4.35. The van der Waals surface area contributed by atoms with Gasteiger partial charge < -0.3 is 5.73 Å². The van der Waals surface area contributed by atoms with Crippen molar-refractivity contribution in [1.29, 1.82) is 0 Å². The number of nitrogens with two attached hydrogens (primary N) is 1. The molecule has 0 spiro atoms. The van der Waals surface area contributed by atoms with Crippen LogP contribution < -0.4 is 10.5 Å². The van der Waals surface area contributed by atoms with Gasteiger partial charge in [-0.1, -0.05) is 12.1 Å². The van der Waals surface area contributed by atoms with Gasteiger partial charge in [0.1, 0.15) is 0 Å².